The van der Waals surface area contributed by atoms with E-state index < -0.39 is 6.10 Å². The number of aliphatic hydroxyl groups is 1. The predicted octanol–water partition coefficient (Wildman–Crippen LogP) is 3.86. The molecule has 0 saturated carbocycles. The summed E-state index contributed by atoms with van der Waals surface area (Å²) in [4.78, 5) is 0. The van der Waals surface area contributed by atoms with Crippen LogP contribution in [0.15, 0.2) is 21.1 Å². The van der Waals surface area contributed by atoms with E-state index in [2.05, 4.69) is 44.1 Å². The fourth-order valence-corrected chi connectivity index (χ4v) is 3.07. The molecule has 1 unspecified atom stereocenters. The summed E-state index contributed by atoms with van der Waals surface area (Å²) in [6, 6.07) is 4.09. The van der Waals surface area contributed by atoms with E-state index in [-0.39, 0.29) is 0 Å². The first-order valence-electron chi connectivity index (χ1n) is 6.58. The van der Waals surface area contributed by atoms with Crippen LogP contribution in [0.25, 0.3) is 0 Å². The summed E-state index contributed by atoms with van der Waals surface area (Å²) in [7, 11) is 0. The Balaban J connectivity index is 2.68. The zero-order chi connectivity index (χ0) is 14.3. The topological polar surface area (TPSA) is 41.5 Å². The van der Waals surface area contributed by atoms with Gasteiger partial charge in [-0.05, 0) is 68.9 Å². The molecule has 0 radical (unpaired) electrons. The molecule has 1 atom stereocenters. The Morgan fingerprint density at radius 1 is 1.26 bits per heavy atom. The Labute approximate surface area is 132 Å². The van der Waals surface area contributed by atoms with Gasteiger partial charge < -0.3 is 15.2 Å². The third-order valence-electron chi connectivity index (χ3n) is 2.71. The number of hydrogen-bond donors (Lipinski definition) is 2. The first-order valence-corrected chi connectivity index (χ1v) is 8.16. The maximum Gasteiger partial charge on any atom is 0.147 e. The number of ether oxygens (including phenoxy) is 1. The van der Waals surface area contributed by atoms with Gasteiger partial charge in [0.15, 0.2) is 0 Å². The van der Waals surface area contributed by atoms with Crippen LogP contribution < -0.4 is 10.1 Å². The van der Waals surface area contributed by atoms with E-state index in [9.17, 15) is 5.11 Å². The highest BCUT2D eigenvalue weighted by atomic mass is 79.9. The van der Waals surface area contributed by atoms with Gasteiger partial charge in [-0.2, -0.15) is 0 Å². The molecule has 2 N–H and O–H groups in total. The number of hydrogen-bond acceptors (Lipinski definition) is 3. The molecule has 0 aliphatic carbocycles. The van der Waals surface area contributed by atoms with Crippen molar-refractivity contribution in [3.8, 4) is 5.75 Å². The van der Waals surface area contributed by atoms with Gasteiger partial charge in [0, 0.05) is 6.54 Å². The number of nitrogens with one attached hydrogen (secondary N) is 1. The van der Waals surface area contributed by atoms with Gasteiger partial charge >= 0.3 is 0 Å². The molecule has 0 aromatic heterocycles. The predicted molar refractivity (Wildman–Crippen MR) is 85.6 cm³/mol. The molecule has 3 nitrogen and oxygen atoms in total. The zero-order valence-corrected chi connectivity index (χ0v) is 14.6. The highest BCUT2D eigenvalue weighted by Crippen LogP contribution is 2.34. The summed E-state index contributed by atoms with van der Waals surface area (Å²) in [6.07, 6.45) is 1.39. The van der Waals surface area contributed by atoms with E-state index in [1.807, 2.05) is 19.1 Å². The molecule has 1 aromatic carbocycles. The summed E-state index contributed by atoms with van der Waals surface area (Å²) < 4.78 is 7.44. The summed E-state index contributed by atoms with van der Waals surface area (Å²) in [6.45, 7) is 6.23. The molecule has 0 aliphatic heterocycles. The second-order valence-corrected chi connectivity index (χ2v) is 6.15. The fraction of sp³-hybridized carbons (Fsp3) is 0.571. The standard InChI is InChI=1S/C14H21Br2NO2/c1-3-5-17-8-10-6-12(15)14(13(16)7-10)19-9-11(18)4-2/h6-7,11,17-18H,3-5,8-9H2,1-2H3. The molecule has 19 heavy (non-hydrogen) atoms. The molecule has 0 spiro atoms. The van der Waals surface area contributed by atoms with Gasteiger partial charge in [0.2, 0.25) is 0 Å². The minimum absolute atomic E-state index is 0.307. The van der Waals surface area contributed by atoms with Crippen LogP contribution in [0.5, 0.6) is 5.75 Å². The molecular weight excluding hydrogens is 374 g/mol. The zero-order valence-electron chi connectivity index (χ0n) is 11.4. The molecule has 0 amide bonds. The second-order valence-electron chi connectivity index (χ2n) is 4.44. The van der Waals surface area contributed by atoms with Gasteiger partial charge in [-0.15, -0.1) is 0 Å². The van der Waals surface area contributed by atoms with Crippen LogP contribution in [-0.2, 0) is 6.54 Å². The molecule has 0 fully saturated rings. The molecule has 108 valence electrons. The van der Waals surface area contributed by atoms with Crippen LogP contribution in [0.1, 0.15) is 32.3 Å². The van der Waals surface area contributed by atoms with E-state index in [1.54, 1.807) is 0 Å². The lowest BCUT2D eigenvalue weighted by molar-refractivity contribution is 0.103. The van der Waals surface area contributed by atoms with Gasteiger partial charge in [-0.3, -0.25) is 0 Å². The molecule has 1 aromatic rings. The maximum absolute atomic E-state index is 9.53. The van der Waals surface area contributed by atoms with Crippen molar-refractivity contribution < 1.29 is 9.84 Å². The van der Waals surface area contributed by atoms with E-state index in [0.29, 0.717) is 13.0 Å². The number of halogens is 2. The van der Waals surface area contributed by atoms with Crippen molar-refractivity contribution in [1.29, 1.82) is 0 Å². The largest absolute Gasteiger partial charge is 0.489 e. The van der Waals surface area contributed by atoms with Gasteiger partial charge in [0.1, 0.15) is 12.4 Å². The average molecular weight is 395 g/mol. The van der Waals surface area contributed by atoms with Crippen molar-refractivity contribution in [2.75, 3.05) is 13.2 Å². The van der Waals surface area contributed by atoms with Crippen molar-refractivity contribution in [2.24, 2.45) is 0 Å². The van der Waals surface area contributed by atoms with Crippen LogP contribution in [0, 0.1) is 0 Å². The van der Waals surface area contributed by atoms with Crippen molar-refractivity contribution in [3.63, 3.8) is 0 Å². The van der Waals surface area contributed by atoms with Gasteiger partial charge in [-0.25, -0.2) is 0 Å². The van der Waals surface area contributed by atoms with Crippen LogP contribution >= 0.6 is 31.9 Å². The first-order chi connectivity index (χ1) is 9.08. The first kappa shape index (κ1) is 17.0. The monoisotopic (exact) mass is 393 g/mol. The lowest BCUT2D eigenvalue weighted by Crippen LogP contribution is -2.17. The Morgan fingerprint density at radius 2 is 1.89 bits per heavy atom. The van der Waals surface area contributed by atoms with E-state index in [1.165, 1.54) is 5.56 Å². The third-order valence-corrected chi connectivity index (χ3v) is 3.88. The smallest absolute Gasteiger partial charge is 0.147 e. The van der Waals surface area contributed by atoms with Crippen LogP contribution in [0.3, 0.4) is 0 Å². The van der Waals surface area contributed by atoms with Crippen molar-refractivity contribution in [3.05, 3.63) is 26.6 Å². The second kappa shape index (κ2) is 8.95. The van der Waals surface area contributed by atoms with Gasteiger partial charge in [-0.1, -0.05) is 13.8 Å². The van der Waals surface area contributed by atoms with Gasteiger partial charge in [0.25, 0.3) is 0 Å². The minimum Gasteiger partial charge on any atom is -0.489 e. The third kappa shape index (κ3) is 5.81. The highest BCUT2D eigenvalue weighted by Gasteiger charge is 2.11. The lowest BCUT2D eigenvalue weighted by atomic mass is 10.2. The van der Waals surface area contributed by atoms with Crippen LogP contribution in [0.4, 0.5) is 0 Å². The number of aliphatic hydroxyl groups excluding tert-OH is 1. The average Bonchev–Trinajstić information content (AvgIpc) is 2.37. The van der Waals surface area contributed by atoms with Crippen LogP contribution in [-0.4, -0.2) is 24.4 Å². The fourth-order valence-electron chi connectivity index (χ4n) is 1.56. The summed E-state index contributed by atoms with van der Waals surface area (Å²) in [5.41, 5.74) is 1.19. The van der Waals surface area contributed by atoms with Crippen molar-refractivity contribution in [1.82, 2.24) is 5.32 Å². The Hall–Kier alpha value is -0.100. The Bertz CT molecular complexity index is 376. The van der Waals surface area contributed by atoms with Gasteiger partial charge in [0.05, 0.1) is 15.0 Å². The normalized spacial score (nSPS) is 12.5. The molecule has 0 heterocycles. The highest BCUT2D eigenvalue weighted by molar-refractivity contribution is 9.11. The SMILES string of the molecule is CCCNCc1cc(Br)c(OCC(O)CC)c(Br)c1. The molecule has 0 saturated heterocycles. The molecule has 0 aliphatic rings. The van der Waals surface area contributed by atoms with E-state index in [0.717, 1.165) is 34.2 Å². The summed E-state index contributed by atoms with van der Waals surface area (Å²) >= 11 is 7.03. The molecule has 1 rings (SSSR count). The van der Waals surface area contributed by atoms with E-state index >= 15 is 0 Å². The van der Waals surface area contributed by atoms with E-state index in [4.69, 9.17) is 4.74 Å². The maximum atomic E-state index is 9.53. The Kier molecular flexibility index (Phi) is 7.99. The minimum atomic E-state index is -0.426. The van der Waals surface area contributed by atoms with Crippen molar-refractivity contribution >= 4 is 31.9 Å². The summed E-state index contributed by atoms with van der Waals surface area (Å²) in [5.74, 6) is 0.742. The molecular formula is C14H21Br2NO2. The lowest BCUT2D eigenvalue weighted by Gasteiger charge is -2.14. The molecule has 0 bridgehead atoms. The quantitative estimate of drug-likeness (QED) is 0.657. The van der Waals surface area contributed by atoms with Crippen LogP contribution in [0.2, 0.25) is 0 Å². The number of rotatable bonds is 8. The van der Waals surface area contributed by atoms with Crippen molar-refractivity contribution in [2.45, 2.75) is 39.3 Å². The molecule has 5 heteroatoms. The number of benzene rings is 1. The Morgan fingerprint density at radius 3 is 2.42 bits per heavy atom. The summed E-state index contributed by atoms with van der Waals surface area (Å²) in [5, 5.41) is 12.9.